The highest BCUT2D eigenvalue weighted by atomic mass is 31.1. The number of hydrogen-bond donors (Lipinski definition) is 0. The quantitative estimate of drug-likeness (QED) is 0.198. The van der Waals surface area contributed by atoms with Gasteiger partial charge in [0.25, 0.3) is 0 Å². The van der Waals surface area contributed by atoms with Gasteiger partial charge in [-0.3, -0.25) is 0 Å². The van der Waals surface area contributed by atoms with Crippen molar-refractivity contribution < 1.29 is 0 Å². The van der Waals surface area contributed by atoms with Gasteiger partial charge in [-0.25, -0.2) is 0 Å². The predicted molar refractivity (Wildman–Crippen MR) is 146 cm³/mol. The van der Waals surface area contributed by atoms with Crippen LogP contribution < -0.4 is 15.9 Å². The van der Waals surface area contributed by atoms with Gasteiger partial charge in [0.05, 0.1) is 0 Å². The first-order chi connectivity index (χ1) is 16.4. The van der Waals surface area contributed by atoms with Crippen LogP contribution in [0.3, 0.4) is 0 Å². The van der Waals surface area contributed by atoms with E-state index in [2.05, 4.69) is 140 Å². The van der Waals surface area contributed by atoms with Crippen LogP contribution in [0.1, 0.15) is 0 Å². The SMILES string of the molecule is c1ccc(P(c2ccccc2)c2cccc(-c3c4ccccc4cc4ccccc34)c2)cc1. The first-order valence-electron chi connectivity index (χ1n) is 11.3. The molecule has 0 nitrogen and oxygen atoms in total. The third-order valence-corrected chi connectivity index (χ3v) is 8.62. The zero-order valence-corrected chi connectivity index (χ0v) is 19.1. The fraction of sp³-hybridized carbons (Fsp3) is 0. The molecule has 0 heterocycles. The fourth-order valence-corrected chi connectivity index (χ4v) is 7.06. The van der Waals surface area contributed by atoms with Crippen LogP contribution in [-0.2, 0) is 0 Å². The summed E-state index contributed by atoms with van der Waals surface area (Å²) >= 11 is 0. The standard InChI is InChI=1S/C32H23P/c1-3-15-27(16-4-1)33(28-17-5-2-6-18-28)29-19-11-14-26(23-29)32-30-20-9-7-12-24(30)22-25-13-8-10-21-31(25)32/h1-23H. The lowest BCUT2D eigenvalue weighted by molar-refractivity contribution is 1.69. The van der Waals surface area contributed by atoms with Gasteiger partial charge in [0.2, 0.25) is 0 Å². The molecule has 1 heteroatoms. The van der Waals surface area contributed by atoms with E-state index in [1.807, 2.05) is 0 Å². The van der Waals surface area contributed by atoms with Crippen LogP contribution in [0.5, 0.6) is 0 Å². The molecule has 156 valence electrons. The molecule has 0 atom stereocenters. The first-order valence-corrected chi connectivity index (χ1v) is 12.6. The molecule has 0 unspecified atom stereocenters. The van der Waals surface area contributed by atoms with Gasteiger partial charge in [0, 0.05) is 0 Å². The Bertz CT molecular complexity index is 1460. The van der Waals surface area contributed by atoms with E-state index in [9.17, 15) is 0 Å². The van der Waals surface area contributed by atoms with Crippen molar-refractivity contribution >= 4 is 45.4 Å². The van der Waals surface area contributed by atoms with Crippen LogP contribution in [0.2, 0.25) is 0 Å². The molecule has 0 N–H and O–H groups in total. The molecular weight excluding hydrogens is 415 g/mol. The summed E-state index contributed by atoms with van der Waals surface area (Å²) in [5.74, 6) is 0. The third-order valence-electron chi connectivity index (χ3n) is 6.19. The molecule has 0 bridgehead atoms. The third kappa shape index (κ3) is 3.74. The lowest BCUT2D eigenvalue weighted by Gasteiger charge is -2.20. The Kier molecular flexibility index (Phi) is 5.23. The van der Waals surface area contributed by atoms with Crippen LogP contribution in [0, 0.1) is 0 Å². The lowest BCUT2D eigenvalue weighted by Crippen LogP contribution is -2.20. The Morgan fingerprint density at radius 1 is 0.364 bits per heavy atom. The Hall–Kier alpha value is -3.73. The van der Waals surface area contributed by atoms with E-state index in [0.717, 1.165) is 0 Å². The molecular formula is C32H23P. The van der Waals surface area contributed by atoms with Crippen molar-refractivity contribution in [2.45, 2.75) is 0 Å². The molecule has 0 fully saturated rings. The minimum absolute atomic E-state index is 0.639. The molecule has 0 aliphatic carbocycles. The van der Waals surface area contributed by atoms with Gasteiger partial charge in [0.15, 0.2) is 0 Å². The molecule has 0 aliphatic heterocycles. The van der Waals surface area contributed by atoms with Crippen LogP contribution in [-0.4, -0.2) is 0 Å². The van der Waals surface area contributed by atoms with E-state index in [1.54, 1.807) is 0 Å². The Labute approximate surface area is 195 Å². The summed E-state index contributed by atoms with van der Waals surface area (Å²) in [6.07, 6.45) is 0. The van der Waals surface area contributed by atoms with Crippen molar-refractivity contribution in [3.8, 4) is 11.1 Å². The van der Waals surface area contributed by atoms with Gasteiger partial charge in [-0.1, -0.05) is 127 Å². The number of benzene rings is 6. The van der Waals surface area contributed by atoms with E-state index in [-0.39, 0.29) is 0 Å². The number of hydrogen-bond acceptors (Lipinski definition) is 0. The minimum Gasteiger partial charge on any atom is -0.0622 e. The molecule has 6 aromatic carbocycles. The van der Waals surface area contributed by atoms with Gasteiger partial charge in [0.1, 0.15) is 0 Å². The fourth-order valence-electron chi connectivity index (χ4n) is 4.73. The van der Waals surface area contributed by atoms with Crippen molar-refractivity contribution in [3.05, 3.63) is 140 Å². The monoisotopic (exact) mass is 438 g/mol. The first kappa shape index (κ1) is 19.9. The summed E-state index contributed by atoms with van der Waals surface area (Å²) in [4.78, 5) is 0. The average Bonchev–Trinajstić information content (AvgIpc) is 2.89. The molecule has 0 aliphatic rings. The zero-order chi connectivity index (χ0) is 22.0. The Morgan fingerprint density at radius 3 is 1.42 bits per heavy atom. The lowest BCUT2D eigenvalue weighted by atomic mass is 9.92. The molecule has 0 spiro atoms. The maximum atomic E-state index is 2.42. The normalized spacial score (nSPS) is 11.3. The maximum absolute atomic E-state index is 2.42. The number of fused-ring (bicyclic) bond motifs is 2. The summed E-state index contributed by atoms with van der Waals surface area (Å²) in [5.41, 5.74) is 2.60. The van der Waals surface area contributed by atoms with Crippen molar-refractivity contribution in [2.75, 3.05) is 0 Å². The van der Waals surface area contributed by atoms with Crippen molar-refractivity contribution in [2.24, 2.45) is 0 Å². The van der Waals surface area contributed by atoms with Gasteiger partial charge >= 0.3 is 0 Å². The second-order valence-corrected chi connectivity index (χ2v) is 10.5. The van der Waals surface area contributed by atoms with Gasteiger partial charge in [-0.15, -0.1) is 0 Å². The van der Waals surface area contributed by atoms with Gasteiger partial charge < -0.3 is 0 Å². The molecule has 0 aromatic heterocycles. The number of rotatable bonds is 4. The van der Waals surface area contributed by atoms with E-state index in [0.29, 0.717) is 0 Å². The molecule has 0 saturated heterocycles. The van der Waals surface area contributed by atoms with E-state index >= 15 is 0 Å². The molecule has 6 aromatic rings. The summed E-state index contributed by atoms with van der Waals surface area (Å²) in [5, 5.41) is 9.29. The van der Waals surface area contributed by atoms with Crippen LogP contribution in [0.4, 0.5) is 0 Å². The second-order valence-electron chi connectivity index (χ2n) is 8.25. The highest BCUT2D eigenvalue weighted by Gasteiger charge is 2.18. The topological polar surface area (TPSA) is 0 Å². The summed E-state index contributed by atoms with van der Waals surface area (Å²) < 4.78 is 0. The molecule has 33 heavy (non-hydrogen) atoms. The zero-order valence-electron chi connectivity index (χ0n) is 18.2. The summed E-state index contributed by atoms with van der Waals surface area (Å²) in [6.45, 7) is 0. The van der Waals surface area contributed by atoms with E-state index in [1.165, 1.54) is 48.6 Å². The maximum Gasteiger partial charge on any atom is -0.00266 e. The molecule has 0 amide bonds. The second kappa shape index (κ2) is 8.66. The van der Waals surface area contributed by atoms with Gasteiger partial charge in [-0.05, 0) is 68.6 Å². The average molecular weight is 439 g/mol. The van der Waals surface area contributed by atoms with Crippen molar-refractivity contribution in [1.82, 2.24) is 0 Å². The molecule has 0 radical (unpaired) electrons. The van der Waals surface area contributed by atoms with Crippen LogP contribution in [0.15, 0.2) is 140 Å². The largest absolute Gasteiger partial charge is 0.0622 e. The van der Waals surface area contributed by atoms with Crippen LogP contribution >= 0.6 is 7.92 Å². The molecule has 0 saturated carbocycles. The predicted octanol–water partition coefficient (Wildman–Crippen LogP) is 7.42. The van der Waals surface area contributed by atoms with Crippen molar-refractivity contribution in [3.63, 3.8) is 0 Å². The minimum atomic E-state index is -0.639. The Balaban J connectivity index is 1.60. The highest BCUT2D eigenvalue weighted by Crippen LogP contribution is 2.38. The van der Waals surface area contributed by atoms with Crippen molar-refractivity contribution in [1.29, 1.82) is 0 Å². The summed E-state index contributed by atoms with van der Waals surface area (Å²) in [7, 11) is -0.639. The van der Waals surface area contributed by atoms with E-state index < -0.39 is 7.92 Å². The highest BCUT2D eigenvalue weighted by molar-refractivity contribution is 7.79. The summed E-state index contributed by atoms with van der Waals surface area (Å²) in [6, 6.07) is 50.8. The molecule has 6 rings (SSSR count). The van der Waals surface area contributed by atoms with Gasteiger partial charge in [-0.2, -0.15) is 0 Å². The van der Waals surface area contributed by atoms with E-state index in [4.69, 9.17) is 0 Å². The van der Waals surface area contributed by atoms with Crippen LogP contribution in [0.25, 0.3) is 32.7 Å². The smallest absolute Gasteiger partial charge is 0.00266 e. The Morgan fingerprint density at radius 2 is 0.848 bits per heavy atom.